The van der Waals surface area contributed by atoms with Crippen molar-refractivity contribution in [2.24, 2.45) is 0 Å². The van der Waals surface area contributed by atoms with Crippen LogP contribution in [0.1, 0.15) is 29.9 Å². The quantitative estimate of drug-likeness (QED) is 0.501. The first kappa shape index (κ1) is 19.7. The highest BCUT2D eigenvalue weighted by Crippen LogP contribution is 2.28. The van der Waals surface area contributed by atoms with Gasteiger partial charge in [0, 0.05) is 37.9 Å². The topological polar surface area (TPSA) is 64.7 Å². The van der Waals surface area contributed by atoms with Crippen LogP contribution in [0.15, 0.2) is 12.3 Å². The highest BCUT2D eigenvalue weighted by Gasteiger charge is 2.34. The lowest BCUT2D eigenvalue weighted by atomic mass is 10.3. The van der Waals surface area contributed by atoms with Gasteiger partial charge in [-0.1, -0.05) is 0 Å². The molecule has 10 heteroatoms. The van der Waals surface area contributed by atoms with E-state index in [2.05, 4.69) is 38.1 Å². The van der Waals surface area contributed by atoms with Crippen molar-refractivity contribution >= 4 is 28.5 Å². The summed E-state index contributed by atoms with van der Waals surface area (Å²) in [5, 5.41) is 10.6. The molecule has 25 heavy (non-hydrogen) atoms. The number of alkyl halides is 3. The van der Waals surface area contributed by atoms with E-state index in [1.807, 2.05) is 13.1 Å². The molecule has 2 rings (SSSR count). The summed E-state index contributed by atoms with van der Waals surface area (Å²) in [6, 6.07) is 1.02. The lowest BCUT2D eigenvalue weighted by Gasteiger charge is -2.07. The molecule has 0 atom stereocenters. The standard InChI is InChI=1S/C15H19F3IN5O/c1-10-8-13(15(16,17)18)22-24(10)6-3-5-20-14(25)4-7-23-9-12(19)11(2)21-23/h8-9H,3-7H2,1-2H3,(H,20,25). The maximum atomic E-state index is 12.6. The number of nitrogens with one attached hydrogen (secondary N) is 1. The average molecular weight is 469 g/mol. The molecule has 0 bridgehead atoms. The van der Waals surface area contributed by atoms with Crippen molar-refractivity contribution in [1.82, 2.24) is 24.9 Å². The Labute approximate surface area is 156 Å². The molecule has 0 aliphatic heterocycles. The number of hydrogen-bond donors (Lipinski definition) is 1. The highest BCUT2D eigenvalue weighted by atomic mass is 127. The van der Waals surface area contributed by atoms with Crippen LogP contribution in [0.25, 0.3) is 0 Å². The zero-order chi connectivity index (χ0) is 18.6. The number of carbonyl (C=O) groups excluding carboxylic acids is 1. The Kier molecular flexibility index (Phi) is 6.47. The fourth-order valence-electron chi connectivity index (χ4n) is 2.24. The molecule has 6 nitrogen and oxygen atoms in total. The summed E-state index contributed by atoms with van der Waals surface area (Å²) in [6.45, 7) is 4.67. The van der Waals surface area contributed by atoms with Crippen LogP contribution in [0.5, 0.6) is 0 Å². The summed E-state index contributed by atoms with van der Waals surface area (Å²) < 4.78 is 41.8. The van der Waals surface area contributed by atoms with Crippen LogP contribution in [0, 0.1) is 17.4 Å². The second-order valence-electron chi connectivity index (χ2n) is 5.67. The van der Waals surface area contributed by atoms with Gasteiger partial charge in [0.25, 0.3) is 0 Å². The van der Waals surface area contributed by atoms with Gasteiger partial charge < -0.3 is 5.32 Å². The number of halogens is 4. The molecule has 1 amide bonds. The van der Waals surface area contributed by atoms with Gasteiger partial charge in [-0.25, -0.2) is 0 Å². The Hall–Kier alpha value is -1.59. The van der Waals surface area contributed by atoms with Crippen LogP contribution in [0.4, 0.5) is 13.2 Å². The molecule has 0 spiro atoms. The number of nitrogens with zero attached hydrogens (tertiary/aromatic N) is 4. The number of rotatable bonds is 7. The molecule has 0 aliphatic carbocycles. The van der Waals surface area contributed by atoms with Crippen molar-refractivity contribution in [2.75, 3.05) is 6.54 Å². The summed E-state index contributed by atoms with van der Waals surface area (Å²) in [5.74, 6) is -0.115. The first-order chi connectivity index (χ1) is 11.7. The Morgan fingerprint density at radius 1 is 1.28 bits per heavy atom. The van der Waals surface area contributed by atoms with E-state index in [-0.39, 0.29) is 5.91 Å². The average Bonchev–Trinajstić information content (AvgIpc) is 3.04. The minimum absolute atomic E-state index is 0.115. The number of hydrogen-bond acceptors (Lipinski definition) is 3. The van der Waals surface area contributed by atoms with Gasteiger partial charge in [-0.15, -0.1) is 0 Å². The lowest BCUT2D eigenvalue weighted by Crippen LogP contribution is -2.26. The molecule has 0 fully saturated rings. The first-order valence-electron chi connectivity index (χ1n) is 7.74. The maximum absolute atomic E-state index is 12.6. The van der Waals surface area contributed by atoms with E-state index < -0.39 is 11.9 Å². The van der Waals surface area contributed by atoms with E-state index >= 15 is 0 Å². The summed E-state index contributed by atoms with van der Waals surface area (Å²) in [6.07, 6.45) is -1.75. The van der Waals surface area contributed by atoms with E-state index in [0.717, 1.165) is 15.3 Å². The molecule has 138 valence electrons. The third-order valence-electron chi connectivity index (χ3n) is 3.59. The molecule has 2 heterocycles. The molecule has 0 unspecified atom stereocenters. The van der Waals surface area contributed by atoms with Crippen LogP contribution < -0.4 is 5.32 Å². The zero-order valence-electron chi connectivity index (χ0n) is 13.9. The van der Waals surface area contributed by atoms with Gasteiger partial charge in [0.15, 0.2) is 5.69 Å². The zero-order valence-corrected chi connectivity index (χ0v) is 16.1. The van der Waals surface area contributed by atoms with Crippen LogP contribution in [0.3, 0.4) is 0 Å². The van der Waals surface area contributed by atoms with E-state index in [0.29, 0.717) is 38.2 Å². The van der Waals surface area contributed by atoms with Gasteiger partial charge >= 0.3 is 6.18 Å². The van der Waals surface area contributed by atoms with E-state index in [9.17, 15) is 18.0 Å². The third-order valence-corrected chi connectivity index (χ3v) is 4.65. The Bertz CT molecular complexity index is 719. The summed E-state index contributed by atoms with van der Waals surface area (Å²) in [7, 11) is 0. The number of aromatic nitrogens is 4. The lowest BCUT2D eigenvalue weighted by molar-refractivity contribution is -0.141. The van der Waals surface area contributed by atoms with Gasteiger partial charge in [-0.2, -0.15) is 23.4 Å². The molecular weight excluding hydrogens is 450 g/mol. The minimum atomic E-state index is -4.44. The molecule has 2 aromatic heterocycles. The Balaban J connectivity index is 1.70. The van der Waals surface area contributed by atoms with Gasteiger partial charge in [-0.05, 0) is 48.9 Å². The normalized spacial score (nSPS) is 11.8. The number of amides is 1. The fourth-order valence-corrected chi connectivity index (χ4v) is 2.67. The van der Waals surface area contributed by atoms with Gasteiger partial charge in [0.1, 0.15) is 0 Å². The van der Waals surface area contributed by atoms with Crippen LogP contribution >= 0.6 is 22.6 Å². The van der Waals surface area contributed by atoms with Crippen molar-refractivity contribution < 1.29 is 18.0 Å². The second kappa shape index (κ2) is 8.19. The predicted octanol–water partition coefficient (Wildman–Crippen LogP) is 2.92. The van der Waals surface area contributed by atoms with Gasteiger partial charge in [0.05, 0.1) is 9.26 Å². The Morgan fingerprint density at radius 3 is 2.56 bits per heavy atom. The van der Waals surface area contributed by atoms with Crippen molar-refractivity contribution in [1.29, 1.82) is 0 Å². The van der Waals surface area contributed by atoms with Gasteiger partial charge in [0.2, 0.25) is 5.91 Å². The summed E-state index contributed by atoms with van der Waals surface area (Å²) in [4.78, 5) is 11.8. The molecule has 2 aromatic rings. The first-order valence-corrected chi connectivity index (χ1v) is 8.82. The number of carbonyl (C=O) groups is 1. The molecule has 0 aromatic carbocycles. The van der Waals surface area contributed by atoms with Crippen LogP contribution in [-0.4, -0.2) is 32.0 Å². The largest absolute Gasteiger partial charge is 0.435 e. The van der Waals surface area contributed by atoms with Gasteiger partial charge in [-0.3, -0.25) is 14.2 Å². The summed E-state index contributed by atoms with van der Waals surface area (Å²) >= 11 is 2.18. The monoisotopic (exact) mass is 469 g/mol. The Morgan fingerprint density at radius 2 is 2.00 bits per heavy atom. The molecule has 0 radical (unpaired) electrons. The SMILES string of the molecule is Cc1nn(CCC(=O)NCCCn2nc(C(F)(F)F)cc2C)cc1I. The molecule has 0 saturated carbocycles. The third kappa shape index (κ3) is 5.72. The molecular formula is C15H19F3IN5O. The molecule has 1 N–H and O–H groups in total. The molecule has 0 saturated heterocycles. The van der Waals surface area contributed by atoms with E-state index in [1.54, 1.807) is 11.6 Å². The smallest absolute Gasteiger partial charge is 0.356 e. The number of aryl methyl sites for hydroxylation is 4. The van der Waals surface area contributed by atoms with E-state index in [4.69, 9.17) is 0 Å². The second-order valence-corrected chi connectivity index (χ2v) is 6.83. The molecule has 0 aliphatic rings. The minimum Gasteiger partial charge on any atom is -0.356 e. The van der Waals surface area contributed by atoms with Crippen LogP contribution in [-0.2, 0) is 24.1 Å². The highest BCUT2D eigenvalue weighted by molar-refractivity contribution is 14.1. The van der Waals surface area contributed by atoms with E-state index in [1.165, 1.54) is 4.68 Å². The summed E-state index contributed by atoms with van der Waals surface area (Å²) in [5.41, 5.74) is 0.481. The van der Waals surface area contributed by atoms with Crippen molar-refractivity contribution in [2.45, 2.75) is 46.0 Å². The maximum Gasteiger partial charge on any atom is 0.435 e. The predicted molar refractivity (Wildman–Crippen MR) is 93.9 cm³/mol. The van der Waals surface area contributed by atoms with Crippen LogP contribution in [0.2, 0.25) is 0 Å². The van der Waals surface area contributed by atoms with Crippen molar-refractivity contribution in [3.05, 3.63) is 32.9 Å². The fraction of sp³-hybridized carbons (Fsp3) is 0.533. The van der Waals surface area contributed by atoms with Crippen molar-refractivity contribution in [3.8, 4) is 0 Å². The van der Waals surface area contributed by atoms with Crippen molar-refractivity contribution in [3.63, 3.8) is 0 Å².